The average Bonchev–Trinajstić information content (AvgIpc) is 3.10. The highest BCUT2D eigenvalue weighted by molar-refractivity contribution is 5.87. The third-order valence-electron chi connectivity index (χ3n) is 4.62. The van der Waals surface area contributed by atoms with Gasteiger partial charge in [0, 0.05) is 24.6 Å². The van der Waals surface area contributed by atoms with Gasteiger partial charge in [-0.15, -0.1) is 5.10 Å². The number of nitrogen functional groups attached to an aromatic ring is 1. The van der Waals surface area contributed by atoms with Gasteiger partial charge in [0.15, 0.2) is 5.82 Å². The summed E-state index contributed by atoms with van der Waals surface area (Å²) in [4.78, 5) is 12.4. The van der Waals surface area contributed by atoms with Crippen LogP contribution in [0.2, 0.25) is 0 Å². The van der Waals surface area contributed by atoms with Gasteiger partial charge in [-0.1, -0.05) is 47.7 Å². The number of carbonyl (C=O) groups excluding carboxylic acids is 1. The molecule has 0 saturated heterocycles. The van der Waals surface area contributed by atoms with E-state index in [-0.39, 0.29) is 5.78 Å². The van der Waals surface area contributed by atoms with Crippen LogP contribution in [0.1, 0.15) is 16.7 Å². The maximum Gasteiger partial charge on any atom is 0.174 e. The Balaban J connectivity index is 1.49. The first kappa shape index (κ1) is 17.4. The van der Waals surface area contributed by atoms with Crippen molar-refractivity contribution in [3.8, 4) is 17.2 Å². The van der Waals surface area contributed by atoms with E-state index in [2.05, 4.69) is 16.4 Å². The van der Waals surface area contributed by atoms with Crippen LogP contribution in [0.4, 0.5) is 5.82 Å². The highest BCUT2D eigenvalue weighted by Crippen LogP contribution is 2.27. The summed E-state index contributed by atoms with van der Waals surface area (Å²) in [5.41, 5.74) is 11.1. The molecule has 0 aliphatic rings. The smallest absolute Gasteiger partial charge is 0.174 e. The number of pyridine rings is 1. The maximum absolute atomic E-state index is 12.4. The molecule has 136 valence electrons. The lowest BCUT2D eigenvalue weighted by molar-refractivity contribution is -0.117. The van der Waals surface area contributed by atoms with E-state index in [0.717, 1.165) is 27.8 Å². The third kappa shape index (κ3) is 3.46. The Morgan fingerprint density at radius 3 is 2.29 bits per heavy atom. The second-order valence-electron chi connectivity index (χ2n) is 6.59. The number of aromatic nitrogens is 3. The fourth-order valence-electron chi connectivity index (χ4n) is 3.22. The number of anilines is 1. The van der Waals surface area contributed by atoms with Crippen molar-refractivity contribution in [3.63, 3.8) is 0 Å². The van der Waals surface area contributed by atoms with Crippen molar-refractivity contribution in [2.75, 3.05) is 5.73 Å². The molecule has 4 rings (SSSR count). The normalized spacial score (nSPS) is 10.7. The molecule has 6 nitrogen and oxygen atoms in total. The number of nitrogens with zero attached hydrogens (tertiary/aromatic N) is 4. The largest absolute Gasteiger partial charge is 0.380 e. The van der Waals surface area contributed by atoms with E-state index in [9.17, 15) is 4.79 Å². The van der Waals surface area contributed by atoms with Crippen LogP contribution in [-0.2, 0) is 17.6 Å². The minimum Gasteiger partial charge on any atom is -0.380 e. The summed E-state index contributed by atoms with van der Waals surface area (Å²) in [6.07, 6.45) is 2.52. The fourth-order valence-corrected chi connectivity index (χ4v) is 3.22. The van der Waals surface area contributed by atoms with Crippen molar-refractivity contribution in [2.45, 2.75) is 12.8 Å². The maximum atomic E-state index is 12.4. The summed E-state index contributed by atoms with van der Waals surface area (Å²) in [6, 6.07) is 20.9. The molecule has 2 aromatic carbocycles. The first-order valence-electron chi connectivity index (χ1n) is 8.83. The average molecular weight is 367 g/mol. The van der Waals surface area contributed by atoms with E-state index in [1.54, 1.807) is 22.8 Å². The van der Waals surface area contributed by atoms with Gasteiger partial charge < -0.3 is 5.73 Å². The van der Waals surface area contributed by atoms with Crippen molar-refractivity contribution in [2.24, 2.45) is 0 Å². The Hall–Kier alpha value is -3.98. The van der Waals surface area contributed by atoms with E-state index in [1.165, 1.54) is 0 Å². The monoisotopic (exact) mass is 367 g/mol. The van der Waals surface area contributed by atoms with Crippen LogP contribution in [0.15, 0.2) is 66.9 Å². The molecule has 0 bridgehead atoms. The number of Topliss-reactive ketones (excluding diaryl/α,β-unsaturated/α-hetero) is 1. The van der Waals surface area contributed by atoms with Crippen LogP contribution in [-0.4, -0.2) is 20.6 Å². The van der Waals surface area contributed by atoms with Gasteiger partial charge in [0.1, 0.15) is 11.3 Å². The number of rotatable bonds is 5. The van der Waals surface area contributed by atoms with Crippen LogP contribution in [0.3, 0.4) is 0 Å². The quantitative estimate of drug-likeness (QED) is 0.584. The van der Waals surface area contributed by atoms with Crippen LogP contribution >= 0.6 is 0 Å². The second-order valence-corrected chi connectivity index (χ2v) is 6.59. The molecule has 2 aromatic heterocycles. The molecule has 0 spiro atoms. The zero-order chi connectivity index (χ0) is 19.5. The third-order valence-corrected chi connectivity index (χ3v) is 4.62. The molecule has 0 radical (unpaired) electrons. The Kier molecular flexibility index (Phi) is 4.56. The first-order chi connectivity index (χ1) is 13.6. The lowest BCUT2D eigenvalue weighted by atomic mass is 9.99. The number of fused-ring (bicyclic) bond motifs is 1. The molecule has 0 aliphatic heterocycles. The fraction of sp³-hybridized carbons (Fsp3) is 0.0909. The second kappa shape index (κ2) is 7.33. The number of hydrogen-bond acceptors (Lipinski definition) is 5. The number of carbonyl (C=O) groups is 1. The predicted octanol–water partition coefficient (Wildman–Crippen LogP) is 3.20. The van der Waals surface area contributed by atoms with Gasteiger partial charge >= 0.3 is 0 Å². The highest BCUT2D eigenvalue weighted by Gasteiger charge is 2.11. The summed E-state index contributed by atoms with van der Waals surface area (Å²) >= 11 is 0. The molecule has 0 fully saturated rings. The van der Waals surface area contributed by atoms with Gasteiger partial charge in [0.05, 0.1) is 11.6 Å². The Bertz CT molecular complexity index is 1180. The summed E-state index contributed by atoms with van der Waals surface area (Å²) in [6.45, 7) is 0. The number of ketones is 1. The molecule has 0 saturated carbocycles. The van der Waals surface area contributed by atoms with Crippen LogP contribution < -0.4 is 5.73 Å². The molecular weight excluding hydrogens is 350 g/mol. The van der Waals surface area contributed by atoms with Crippen molar-refractivity contribution >= 4 is 17.1 Å². The van der Waals surface area contributed by atoms with Gasteiger partial charge in [-0.25, -0.2) is 4.52 Å². The minimum atomic E-state index is 0.129. The summed E-state index contributed by atoms with van der Waals surface area (Å²) in [5.74, 6) is 0.515. The van der Waals surface area contributed by atoms with E-state index in [4.69, 9.17) is 11.0 Å². The summed E-state index contributed by atoms with van der Waals surface area (Å²) < 4.78 is 1.65. The van der Waals surface area contributed by atoms with Crippen LogP contribution in [0.25, 0.3) is 16.6 Å². The molecule has 0 atom stereocenters. The standard InChI is InChI=1S/C22H17N5O/c23-14-17-5-3-15(4-6-17)12-19(28)13-16-7-9-18(10-8-16)20-2-1-11-27-21(20)22(24)25-26-27/h1-11H,12-13,24H2. The van der Waals surface area contributed by atoms with Crippen molar-refractivity contribution in [1.29, 1.82) is 5.26 Å². The molecule has 0 aliphatic carbocycles. The van der Waals surface area contributed by atoms with Crippen molar-refractivity contribution in [1.82, 2.24) is 14.8 Å². The van der Waals surface area contributed by atoms with Crippen molar-refractivity contribution < 1.29 is 4.79 Å². The topological polar surface area (TPSA) is 97.1 Å². The summed E-state index contributed by atoms with van der Waals surface area (Å²) in [7, 11) is 0. The van der Waals surface area contributed by atoms with Gasteiger partial charge in [0.2, 0.25) is 0 Å². The first-order valence-corrected chi connectivity index (χ1v) is 8.83. The van der Waals surface area contributed by atoms with E-state index in [1.807, 2.05) is 48.5 Å². The number of benzene rings is 2. The molecule has 4 aromatic rings. The Morgan fingerprint density at radius 1 is 1.00 bits per heavy atom. The number of nitriles is 1. The van der Waals surface area contributed by atoms with Crippen LogP contribution in [0, 0.1) is 11.3 Å². The van der Waals surface area contributed by atoms with Gasteiger partial charge in [-0.3, -0.25) is 4.79 Å². The number of hydrogen-bond donors (Lipinski definition) is 1. The number of nitrogens with two attached hydrogens (primary N) is 1. The van der Waals surface area contributed by atoms with E-state index >= 15 is 0 Å². The molecule has 0 amide bonds. The SMILES string of the molecule is N#Cc1ccc(CC(=O)Cc2ccc(-c3cccn4nnc(N)c34)cc2)cc1. The molecule has 2 N–H and O–H groups in total. The minimum absolute atomic E-state index is 0.129. The van der Waals surface area contributed by atoms with Crippen LogP contribution in [0.5, 0.6) is 0 Å². The predicted molar refractivity (Wildman–Crippen MR) is 106 cm³/mol. The molecular formula is C22H17N5O. The van der Waals surface area contributed by atoms with Gasteiger partial charge in [-0.05, 0) is 34.9 Å². The van der Waals surface area contributed by atoms with Crippen molar-refractivity contribution in [3.05, 3.63) is 83.6 Å². The molecule has 0 unspecified atom stereocenters. The van der Waals surface area contributed by atoms with E-state index in [0.29, 0.717) is 24.2 Å². The molecule has 28 heavy (non-hydrogen) atoms. The molecule has 6 heteroatoms. The lowest BCUT2D eigenvalue weighted by Gasteiger charge is -2.07. The Morgan fingerprint density at radius 2 is 1.64 bits per heavy atom. The van der Waals surface area contributed by atoms with E-state index < -0.39 is 0 Å². The molecule has 2 heterocycles. The van der Waals surface area contributed by atoms with Gasteiger partial charge in [-0.2, -0.15) is 5.26 Å². The summed E-state index contributed by atoms with van der Waals surface area (Å²) in [5, 5.41) is 16.7. The Labute approximate surface area is 161 Å². The van der Waals surface area contributed by atoms with Gasteiger partial charge in [0.25, 0.3) is 0 Å². The zero-order valence-electron chi connectivity index (χ0n) is 15.0. The highest BCUT2D eigenvalue weighted by atomic mass is 16.1. The zero-order valence-corrected chi connectivity index (χ0v) is 15.0. The lowest BCUT2D eigenvalue weighted by Crippen LogP contribution is -2.06.